The molecule has 5 heteroatoms. The molecule has 0 rings (SSSR count). The molecule has 0 atom stereocenters. The van der Waals surface area contributed by atoms with Crippen LogP contribution in [0.25, 0.3) is 0 Å². The quantitative estimate of drug-likeness (QED) is 0.508. The van der Waals surface area contributed by atoms with Crippen molar-refractivity contribution < 1.29 is 9.22 Å². The van der Waals surface area contributed by atoms with E-state index in [1.54, 1.807) is 4.90 Å². The zero-order valence-corrected chi connectivity index (χ0v) is 14.8. The number of nitrogens with zero attached hydrogens (tertiary/aromatic N) is 1. The van der Waals surface area contributed by atoms with Gasteiger partial charge in [-0.3, -0.25) is 4.79 Å². The Bertz CT molecular complexity index is 268. The molecular weight excluding hydrogens is 262 g/mol. The van der Waals surface area contributed by atoms with Gasteiger partial charge in [0.1, 0.15) is 0 Å². The summed E-state index contributed by atoms with van der Waals surface area (Å²) in [4.78, 5) is 13.6. The first kappa shape index (κ1) is 18.0. The monoisotopic (exact) mass is 291 g/mol. The van der Waals surface area contributed by atoms with Crippen molar-refractivity contribution in [1.82, 2.24) is 4.90 Å². The van der Waals surface area contributed by atoms with Crippen molar-refractivity contribution in [2.24, 2.45) is 5.41 Å². The molecule has 1 amide bonds. The number of rotatable bonds is 8. The third-order valence-electron chi connectivity index (χ3n) is 3.07. The Morgan fingerprint density at radius 3 is 2.33 bits per heavy atom. The van der Waals surface area contributed by atoms with Crippen LogP contribution in [0.1, 0.15) is 20.3 Å². The van der Waals surface area contributed by atoms with Crippen molar-refractivity contribution >= 4 is 26.0 Å². The summed E-state index contributed by atoms with van der Waals surface area (Å²) in [6.45, 7) is 8.54. The highest BCUT2D eigenvalue weighted by Gasteiger charge is 2.29. The zero-order chi connectivity index (χ0) is 14.4. The maximum absolute atomic E-state index is 11.9. The van der Waals surface area contributed by atoms with Gasteiger partial charge in [0.2, 0.25) is 5.91 Å². The Hall–Kier alpha value is -0.00312. The van der Waals surface area contributed by atoms with Gasteiger partial charge < -0.3 is 9.33 Å². The molecule has 0 aromatic rings. The molecule has 0 saturated heterocycles. The topological polar surface area (TPSA) is 29.5 Å². The second-order valence-electron chi connectivity index (χ2n) is 6.20. The molecular formula is C13H29NO2SSi. The molecule has 0 bridgehead atoms. The number of amides is 1. The summed E-state index contributed by atoms with van der Waals surface area (Å²) >= 11 is 1.88. The molecule has 0 saturated carbocycles. The van der Waals surface area contributed by atoms with Crippen molar-refractivity contribution in [2.45, 2.75) is 39.4 Å². The van der Waals surface area contributed by atoms with E-state index in [0.29, 0.717) is 0 Å². The number of hydrogen-bond donors (Lipinski definition) is 0. The Labute approximate surface area is 118 Å². The van der Waals surface area contributed by atoms with E-state index in [0.717, 1.165) is 11.5 Å². The lowest BCUT2D eigenvalue weighted by Gasteiger charge is -2.26. The molecule has 0 fully saturated rings. The van der Waals surface area contributed by atoms with Crippen LogP contribution >= 0.6 is 11.8 Å². The van der Waals surface area contributed by atoms with Crippen LogP contribution in [0.15, 0.2) is 0 Å². The maximum atomic E-state index is 11.9. The Morgan fingerprint density at radius 2 is 1.89 bits per heavy atom. The first-order chi connectivity index (χ1) is 8.12. The fourth-order valence-electron chi connectivity index (χ4n) is 1.70. The van der Waals surface area contributed by atoms with Crippen LogP contribution in [0.4, 0.5) is 0 Å². The minimum absolute atomic E-state index is 0.210. The predicted octanol–water partition coefficient (Wildman–Crippen LogP) is 3.08. The van der Waals surface area contributed by atoms with E-state index in [-0.39, 0.29) is 11.3 Å². The molecule has 0 aliphatic heterocycles. The van der Waals surface area contributed by atoms with E-state index in [1.807, 2.05) is 46.8 Å². The molecule has 0 aromatic carbocycles. The van der Waals surface area contributed by atoms with Gasteiger partial charge >= 0.3 is 0 Å². The van der Waals surface area contributed by atoms with Crippen molar-refractivity contribution in [1.29, 1.82) is 0 Å². The van der Waals surface area contributed by atoms with E-state index in [2.05, 4.69) is 13.1 Å². The first-order valence-electron chi connectivity index (χ1n) is 6.47. The van der Waals surface area contributed by atoms with E-state index in [9.17, 15) is 4.79 Å². The average Bonchev–Trinajstić information content (AvgIpc) is 2.27. The van der Waals surface area contributed by atoms with Crippen LogP contribution in [-0.2, 0) is 9.22 Å². The molecule has 0 aliphatic carbocycles. The van der Waals surface area contributed by atoms with E-state index < -0.39 is 8.32 Å². The highest BCUT2D eigenvalue weighted by atomic mass is 32.2. The molecule has 0 N–H and O–H groups in total. The largest absolute Gasteiger partial charge is 0.420 e. The maximum Gasteiger partial charge on any atom is 0.228 e. The summed E-state index contributed by atoms with van der Waals surface area (Å²) in [6.07, 6.45) is 1.18. The zero-order valence-electron chi connectivity index (χ0n) is 13.0. The van der Waals surface area contributed by atoms with Gasteiger partial charge in [-0.2, -0.15) is 11.8 Å². The van der Waals surface area contributed by atoms with Crippen molar-refractivity contribution in [3.63, 3.8) is 0 Å². The number of hydrogen-bond acceptors (Lipinski definition) is 3. The number of carbonyl (C=O) groups is 1. The third-order valence-corrected chi connectivity index (χ3v) is 7.23. The van der Waals surface area contributed by atoms with E-state index >= 15 is 0 Å². The summed E-state index contributed by atoms with van der Waals surface area (Å²) < 4.78 is 5.52. The highest BCUT2D eigenvalue weighted by Crippen LogP contribution is 2.25. The fourth-order valence-corrected chi connectivity index (χ4v) is 4.31. The molecule has 0 aromatic heterocycles. The molecule has 0 spiro atoms. The first-order valence-corrected chi connectivity index (χ1v) is 10.7. The van der Waals surface area contributed by atoms with Crippen LogP contribution in [0, 0.1) is 5.41 Å². The Morgan fingerprint density at radius 1 is 1.33 bits per heavy atom. The second kappa shape index (κ2) is 7.55. The Balaban J connectivity index is 3.88. The summed E-state index contributed by atoms with van der Waals surface area (Å²) in [7, 11) is 4.06. The van der Waals surface area contributed by atoms with Gasteiger partial charge in [-0.25, -0.2) is 0 Å². The van der Waals surface area contributed by atoms with Crippen molar-refractivity contribution in [2.75, 3.05) is 32.7 Å². The predicted molar refractivity (Wildman–Crippen MR) is 83.7 cm³/mol. The van der Waals surface area contributed by atoms with Crippen molar-refractivity contribution in [3.8, 4) is 0 Å². The highest BCUT2D eigenvalue weighted by molar-refractivity contribution is 7.99. The lowest BCUT2D eigenvalue weighted by atomic mass is 9.95. The number of thioether (sulfide) groups is 1. The van der Waals surface area contributed by atoms with Gasteiger partial charge in [0, 0.05) is 27.0 Å². The van der Waals surface area contributed by atoms with Crippen LogP contribution in [-0.4, -0.2) is 51.8 Å². The fraction of sp³-hybridized carbons (Fsp3) is 0.923. The van der Waals surface area contributed by atoms with Crippen LogP contribution in [0.5, 0.6) is 0 Å². The molecule has 108 valence electrons. The molecule has 0 heterocycles. The minimum atomic E-state index is -1.40. The minimum Gasteiger partial charge on any atom is -0.420 e. The van der Waals surface area contributed by atoms with Crippen LogP contribution < -0.4 is 0 Å². The lowest BCUT2D eigenvalue weighted by Crippen LogP contribution is -2.37. The van der Waals surface area contributed by atoms with Crippen molar-refractivity contribution in [3.05, 3.63) is 0 Å². The molecule has 0 radical (unpaired) electrons. The molecule has 0 aliphatic rings. The molecule has 0 unspecified atom stereocenters. The van der Waals surface area contributed by atoms with Gasteiger partial charge in [0.15, 0.2) is 8.32 Å². The normalized spacial score (nSPS) is 12.6. The summed E-state index contributed by atoms with van der Waals surface area (Å²) in [5, 5.41) is 0. The summed E-state index contributed by atoms with van der Waals surface area (Å²) in [6, 6.07) is 1.19. The van der Waals surface area contributed by atoms with Crippen LogP contribution in [0.2, 0.25) is 19.1 Å². The molecule has 3 nitrogen and oxygen atoms in total. The number of carbonyl (C=O) groups excluding carboxylic acids is 1. The molecule has 18 heavy (non-hydrogen) atoms. The van der Waals surface area contributed by atoms with Gasteiger partial charge in [0.05, 0.1) is 5.41 Å². The smallest absolute Gasteiger partial charge is 0.228 e. The van der Waals surface area contributed by atoms with Gasteiger partial charge in [-0.1, -0.05) is 13.8 Å². The second-order valence-corrected chi connectivity index (χ2v) is 11.7. The lowest BCUT2D eigenvalue weighted by molar-refractivity contribution is -0.136. The van der Waals surface area contributed by atoms with E-state index in [4.69, 9.17) is 4.43 Å². The van der Waals surface area contributed by atoms with Gasteiger partial charge in [-0.15, -0.1) is 0 Å². The van der Waals surface area contributed by atoms with E-state index in [1.165, 1.54) is 12.5 Å². The van der Waals surface area contributed by atoms with Crippen LogP contribution in [0.3, 0.4) is 0 Å². The summed E-state index contributed by atoms with van der Waals surface area (Å²) in [5.41, 5.74) is -0.262. The summed E-state index contributed by atoms with van der Waals surface area (Å²) in [5.74, 6) is 2.21. The van der Waals surface area contributed by atoms with Gasteiger partial charge in [0.25, 0.3) is 0 Å². The van der Waals surface area contributed by atoms with Gasteiger partial charge in [-0.05, 0) is 31.3 Å². The SMILES string of the molecule is CO[Si](C)(C)CCCSCC(C)(C)C(=O)N(C)C. The average molecular weight is 292 g/mol. The third kappa shape index (κ3) is 6.80. The Kier molecular flexibility index (Phi) is 7.55. The standard InChI is InChI=1S/C13H29NO2SSi/c1-13(2,12(15)14(3)4)11-17-9-8-10-18(6,7)16-5/h8-11H2,1-7H3.